The molecule has 0 aliphatic heterocycles. The van der Waals surface area contributed by atoms with E-state index in [1.54, 1.807) is 6.20 Å². The Kier molecular flexibility index (Phi) is 3.65. The summed E-state index contributed by atoms with van der Waals surface area (Å²) in [6.07, 6.45) is 4.54. The Labute approximate surface area is 108 Å². The van der Waals surface area contributed by atoms with E-state index < -0.39 is 11.9 Å². The number of carbonyl (C=O) groups excluding carboxylic acids is 1. The van der Waals surface area contributed by atoms with Crippen molar-refractivity contribution in [3.05, 3.63) is 41.9 Å². The molecule has 0 aromatic carbocycles. The second kappa shape index (κ2) is 5.38. The molecule has 0 bridgehead atoms. The quantitative estimate of drug-likeness (QED) is 0.835. The van der Waals surface area contributed by atoms with Crippen molar-refractivity contribution in [1.29, 1.82) is 0 Å². The molecule has 7 nitrogen and oxygen atoms in total. The summed E-state index contributed by atoms with van der Waals surface area (Å²) in [5.74, 6) is -0.720. The lowest BCUT2D eigenvalue weighted by Crippen LogP contribution is -2.27. The van der Waals surface area contributed by atoms with Crippen LogP contribution in [-0.4, -0.2) is 33.1 Å². The lowest BCUT2D eigenvalue weighted by atomic mass is 10.3. The van der Waals surface area contributed by atoms with Gasteiger partial charge >= 0.3 is 5.97 Å². The van der Waals surface area contributed by atoms with E-state index in [1.807, 2.05) is 17.7 Å². The summed E-state index contributed by atoms with van der Waals surface area (Å²) in [5.41, 5.74) is -0.0457. The standard InChI is InChI=1S/C12H13N3O4/c1-8-13-2-4-15(8)5-3-14-11(16)10-6-9(7-19-10)12(17)18/h2,4,6-7H,3,5H2,1H3,(H,14,16)(H,17,18). The van der Waals surface area contributed by atoms with Crippen molar-refractivity contribution in [1.82, 2.24) is 14.9 Å². The Morgan fingerprint density at radius 3 is 2.89 bits per heavy atom. The highest BCUT2D eigenvalue weighted by atomic mass is 16.4. The Hall–Kier alpha value is -2.57. The Bertz CT molecular complexity index is 600. The number of nitrogens with one attached hydrogen (secondary N) is 1. The van der Waals surface area contributed by atoms with Crippen molar-refractivity contribution in [2.24, 2.45) is 0 Å². The molecule has 0 saturated carbocycles. The smallest absolute Gasteiger partial charge is 0.338 e. The van der Waals surface area contributed by atoms with Gasteiger partial charge in [-0.2, -0.15) is 0 Å². The van der Waals surface area contributed by atoms with E-state index in [-0.39, 0.29) is 11.3 Å². The Balaban J connectivity index is 1.87. The zero-order chi connectivity index (χ0) is 13.8. The van der Waals surface area contributed by atoms with Crippen LogP contribution in [0.1, 0.15) is 26.7 Å². The first-order valence-electron chi connectivity index (χ1n) is 5.65. The summed E-state index contributed by atoms with van der Waals surface area (Å²) in [7, 11) is 0. The van der Waals surface area contributed by atoms with E-state index in [9.17, 15) is 9.59 Å². The first kappa shape index (κ1) is 12.9. The maximum Gasteiger partial charge on any atom is 0.338 e. The number of hydrogen-bond donors (Lipinski definition) is 2. The van der Waals surface area contributed by atoms with E-state index in [0.29, 0.717) is 13.1 Å². The number of imidazole rings is 1. The second-order valence-electron chi connectivity index (χ2n) is 3.93. The molecule has 0 aliphatic rings. The number of hydrogen-bond acceptors (Lipinski definition) is 4. The molecule has 100 valence electrons. The zero-order valence-electron chi connectivity index (χ0n) is 10.3. The number of furan rings is 1. The minimum Gasteiger partial charge on any atom is -0.478 e. The molecular formula is C12H13N3O4. The van der Waals surface area contributed by atoms with Gasteiger partial charge in [-0.3, -0.25) is 4.79 Å². The van der Waals surface area contributed by atoms with Gasteiger partial charge in [-0.1, -0.05) is 0 Å². The van der Waals surface area contributed by atoms with Crippen molar-refractivity contribution >= 4 is 11.9 Å². The van der Waals surface area contributed by atoms with Crippen molar-refractivity contribution < 1.29 is 19.1 Å². The highest BCUT2D eigenvalue weighted by Crippen LogP contribution is 2.07. The van der Waals surface area contributed by atoms with Crippen LogP contribution < -0.4 is 5.32 Å². The fraction of sp³-hybridized carbons (Fsp3) is 0.250. The number of carboxylic acid groups (broad SMARTS) is 1. The Morgan fingerprint density at radius 2 is 2.32 bits per heavy atom. The average Bonchev–Trinajstić information content (AvgIpc) is 2.98. The lowest BCUT2D eigenvalue weighted by molar-refractivity contribution is 0.0696. The number of aryl methyl sites for hydroxylation is 1. The summed E-state index contributed by atoms with van der Waals surface area (Å²) in [6.45, 7) is 2.86. The van der Waals surface area contributed by atoms with Gasteiger partial charge in [0.25, 0.3) is 5.91 Å². The van der Waals surface area contributed by atoms with Crippen LogP contribution in [0, 0.1) is 6.92 Å². The molecule has 2 N–H and O–H groups in total. The molecule has 0 saturated heterocycles. The van der Waals surface area contributed by atoms with Crippen molar-refractivity contribution in [2.45, 2.75) is 13.5 Å². The van der Waals surface area contributed by atoms with Gasteiger partial charge in [0.15, 0.2) is 5.76 Å². The first-order chi connectivity index (χ1) is 9.08. The van der Waals surface area contributed by atoms with Gasteiger partial charge in [0.05, 0.1) is 5.56 Å². The number of amides is 1. The normalized spacial score (nSPS) is 10.4. The van der Waals surface area contributed by atoms with Crippen molar-refractivity contribution in [3.8, 4) is 0 Å². The first-order valence-corrected chi connectivity index (χ1v) is 5.65. The molecule has 7 heteroatoms. The Morgan fingerprint density at radius 1 is 1.53 bits per heavy atom. The third-order valence-electron chi connectivity index (χ3n) is 2.63. The van der Waals surface area contributed by atoms with E-state index in [2.05, 4.69) is 10.3 Å². The average molecular weight is 263 g/mol. The van der Waals surface area contributed by atoms with Gasteiger partial charge in [0.1, 0.15) is 12.1 Å². The van der Waals surface area contributed by atoms with Crippen molar-refractivity contribution in [2.75, 3.05) is 6.54 Å². The molecule has 0 fully saturated rings. The summed E-state index contributed by atoms with van der Waals surface area (Å²) < 4.78 is 6.78. The molecule has 2 heterocycles. The number of aromatic carboxylic acids is 1. The molecule has 0 atom stereocenters. The lowest BCUT2D eigenvalue weighted by Gasteiger charge is -2.05. The minimum atomic E-state index is -1.13. The van der Waals surface area contributed by atoms with Gasteiger partial charge in [-0.05, 0) is 6.92 Å². The van der Waals surface area contributed by atoms with Gasteiger partial charge < -0.3 is 19.4 Å². The van der Waals surface area contributed by atoms with Crippen LogP contribution in [0.2, 0.25) is 0 Å². The van der Waals surface area contributed by atoms with Crippen LogP contribution in [0.4, 0.5) is 0 Å². The molecule has 0 aliphatic carbocycles. The van der Waals surface area contributed by atoms with Crippen LogP contribution in [-0.2, 0) is 6.54 Å². The molecule has 19 heavy (non-hydrogen) atoms. The van der Waals surface area contributed by atoms with Gasteiger partial charge in [-0.25, -0.2) is 9.78 Å². The molecule has 2 aromatic rings. The number of nitrogens with zero attached hydrogens (tertiary/aromatic N) is 2. The van der Waals surface area contributed by atoms with Crippen LogP contribution in [0.15, 0.2) is 29.1 Å². The number of rotatable bonds is 5. The van der Waals surface area contributed by atoms with Gasteiger partial charge in [0.2, 0.25) is 0 Å². The predicted octanol–water partition coefficient (Wildman–Crippen LogP) is 0.913. The largest absolute Gasteiger partial charge is 0.478 e. The van der Waals surface area contributed by atoms with Crippen molar-refractivity contribution in [3.63, 3.8) is 0 Å². The summed E-state index contributed by atoms with van der Waals surface area (Å²) >= 11 is 0. The van der Waals surface area contributed by atoms with E-state index in [1.165, 1.54) is 6.07 Å². The molecule has 2 aromatic heterocycles. The molecule has 1 amide bonds. The molecule has 0 unspecified atom stereocenters. The zero-order valence-corrected chi connectivity index (χ0v) is 10.3. The maximum atomic E-state index is 11.7. The fourth-order valence-electron chi connectivity index (χ4n) is 1.58. The monoisotopic (exact) mass is 263 g/mol. The SMILES string of the molecule is Cc1nccn1CCNC(=O)c1cc(C(=O)O)co1. The van der Waals surface area contributed by atoms with Gasteiger partial charge in [-0.15, -0.1) is 0 Å². The minimum absolute atomic E-state index is 0.0141. The molecule has 2 rings (SSSR count). The highest BCUT2D eigenvalue weighted by Gasteiger charge is 2.14. The van der Waals surface area contributed by atoms with Crippen LogP contribution in [0.5, 0.6) is 0 Å². The van der Waals surface area contributed by atoms with Gasteiger partial charge in [0, 0.05) is 31.5 Å². The van der Waals surface area contributed by atoms with Crippen LogP contribution in [0.3, 0.4) is 0 Å². The molecular weight excluding hydrogens is 250 g/mol. The third kappa shape index (κ3) is 3.01. The fourth-order valence-corrected chi connectivity index (χ4v) is 1.58. The number of aromatic nitrogens is 2. The molecule has 0 radical (unpaired) electrons. The second-order valence-corrected chi connectivity index (χ2v) is 3.93. The summed E-state index contributed by atoms with van der Waals surface area (Å²) in [6, 6.07) is 1.19. The summed E-state index contributed by atoms with van der Waals surface area (Å²) in [4.78, 5) is 26.4. The topological polar surface area (TPSA) is 97.4 Å². The van der Waals surface area contributed by atoms with E-state index >= 15 is 0 Å². The maximum absolute atomic E-state index is 11.7. The van der Waals surface area contributed by atoms with E-state index in [4.69, 9.17) is 9.52 Å². The third-order valence-corrected chi connectivity index (χ3v) is 2.63. The van der Waals surface area contributed by atoms with Crippen LogP contribution >= 0.6 is 0 Å². The predicted molar refractivity (Wildman–Crippen MR) is 65.0 cm³/mol. The van der Waals surface area contributed by atoms with Crippen LogP contribution in [0.25, 0.3) is 0 Å². The number of carboxylic acids is 1. The van der Waals surface area contributed by atoms with E-state index in [0.717, 1.165) is 12.1 Å². The highest BCUT2D eigenvalue weighted by molar-refractivity contribution is 5.95. The number of carbonyl (C=O) groups is 2. The molecule has 0 spiro atoms. The summed E-state index contributed by atoms with van der Waals surface area (Å²) in [5, 5.41) is 11.4.